The number of allylic oxidation sites excluding steroid dienone is 2. The minimum absolute atomic E-state index is 0.0447. The van der Waals surface area contributed by atoms with E-state index in [-0.39, 0.29) is 5.57 Å². The van der Waals surface area contributed by atoms with Crippen LogP contribution in [0.15, 0.2) is 47.2 Å². The molecule has 0 amide bonds. The Hall–Kier alpha value is -2.78. The van der Waals surface area contributed by atoms with Crippen molar-refractivity contribution in [2.45, 2.75) is 19.6 Å². The van der Waals surface area contributed by atoms with E-state index in [2.05, 4.69) is 31.1 Å². The summed E-state index contributed by atoms with van der Waals surface area (Å²) >= 11 is 0. The second-order valence-corrected chi connectivity index (χ2v) is 11.5. The first-order valence-corrected chi connectivity index (χ1v) is 11.5. The van der Waals surface area contributed by atoms with Crippen LogP contribution in [0.2, 0.25) is 19.6 Å². The van der Waals surface area contributed by atoms with Crippen molar-refractivity contribution in [1.29, 1.82) is 10.5 Å². The number of hydrazine groups is 1. The Labute approximate surface area is 152 Å². The van der Waals surface area contributed by atoms with Gasteiger partial charge in [0.1, 0.15) is 20.2 Å². The highest BCUT2D eigenvalue weighted by Gasteiger charge is 2.18. The maximum absolute atomic E-state index is 9.43. The van der Waals surface area contributed by atoms with Gasteiger partial charge in [-0.15, -0.1) is 5.54 Å². The molecular weight excluding hydrogens is 324 g/mol. The molecule has 0 radical (unpaired) electrons. The van der Waals surface area contributed by atoms with Gasteiger partial charge in [0.05, 0.1) is 11.3 Å². The van der Waals surface area contributed by atoms with Crippen molar-refractivity contribution in [2.24, 2.45) is 0 Å². The molecule has 25 heavy (non-hydrogen) atoms. The summed E-state index contributed by atoms with van der Waals surface area (Å²) in [7, 11) is 3.91. The molecule has 0 unspecified atom stereocenters. The fraction of sp³-hybridized carbons (Fsp3) is 0.300. The molecule has 5 heteroatoms. The number of likely N-dealkylation sites (N-methyl/N-ethyl adjacent to an activating group) is 1. The number of nitriles is 2. The number of nitrogens with zero attached hydrogens (tertiary/aromatic N) is 4. The van der Waals surface area contributed by atoms with Gasteiger partial charge in [0.15, 0.2) is 5.57 Å². The molecule has 0 N–H and O–H groups in total. The Balaban J connectivity index is 3.70. The van der Waals surface area contributed by atoms with Crippen molar-refractivity contribution in [1.82, 2.24) is 10.0 Å². The normalized spacial score (nSPS) is 11.0. The third-order valence-electron chi connectivity index (χ3n) is 3.32. The molecule has 1 rings (SSSR count). The predicted octanol–water partition coefficient (Wildman–Crippen LogP) is 3.66. The van der Waals surface area contributed by atoms with Crippen molar-refractivity contribution in [3.63, 3.8) is 0 Å². The first-order valence-electron chi connectivity index (χ1n) is 7.95. The molecule has 0 heterocycles. The van der Waals surface area contributed by atoms with Crippen molar-refractivity contribution in [2.75, 3.05) is 21.1 Å². The maximum Gasteiger partial charge on any atom is 0.155 e. The highest BCUT2D eigenvalue weighted by atomic mass is 28.3. The van der Waals surface area contributed by atoms with Gasteiger partial charge in [-0.25, -0.2) is 5.01 Å². The lowest BCUT2D eigenvalue weighted by Gasteiger charge is -2.29. The summed E-state index contributed by atoms with van der Waals surface area (Å²) in [6, 6.07) is 13.8. The Morgan fingerprint density at radius 3 is 2.00 bits per heavy atom. The smallest absolute Gasteiger partial charge is 0.155 e. The van der Waals surface area contributed by atoms with Gasteiger partial charge in [-0.3, -0.25) is 0 Å². The van der Waals surface area contributed by atoms with Crippen LogP contribution in [0, 0.1) is 34.1 Å². The van der Waals surface area contributed by atoms with Crippen LogP contribution >= 0.6 is 0 Å². The van der Waals surface area contributed by atoms with E-state index >= 15 is 0 Å². The summed E-state index contributed by atoms with van der Waals surface area (Å²) in [5, 5.41) is 22.4. The zero-order valence-electron chi connectivity index (χ0n) is 15.8. The highest BCUT2D eigenvalue weighted by Crippen LogP contribution is 2.22. The van der Waals surface area contributed by atoms with E-state index in [1.807, 2.05) is 74.7 Å². The van der Waals surface area contributed by atoms with E-state index in [4.69, 9.17) is 0 Å². The summed E-state index contributed by atoms with van der Waals surface area (Å²) in [5.74, 6) is 3.24. The summed E-state index contributed by atoms with van der Waals surface area (Å²) in [6.07, 6.45) is 1.93. The van der Waals surface area contributed by atoms with Gasteiger partial charge in [-0.05, 0) is 11.6 Å². The third kappa shape index (κ3) is 6.32. The molecule has 1 aromatic carbocycles. The van der Waals surface area contributed by atoms with Gasteiger partial charge in [0, 0.05) is 21.1 Å². The number of rotatable bonds is 4. The first-order chi connectivity index (χ1) is 11.7. The van der Waals surface area contributed by atoms with Crippen LogP contribution in [0.4, 0.5) is 0 Å². The summed E-state index contributed by atoms with van der Waals surface area (Å²) < 4.78 is 0. The van der Waals surface area contributed by atoms with Crippen LogP contribution in [0.5, 0.6) is 0 Å². The quantitative estimate of drug-likeness (QED) is 0.274. The zero-order valence-corrected chi connectivity index (χ0v) is 16.8. The molecule has 0 bridgehead atoms. The average molecular weight is 349 g/mol. The van der Waals surface area contributed by atoms with Gasteiger partial charge in [0.2, 0.25) is 0 Å². The molecule has 128 valence electrons. The van der Waals surface area contributed by atoms with Crippen molar-refractivity contribution in [3.8, 4) is 23.6 Å². The fourth-order valence-electron chi connectivity index (χ4n) is 1.94. The molecule has 0 aliphatic carbocycles. The summed E-state index contributed by atoms with van der Waals surface area (Å²) in [4.78, 5) is 0. The maximum atomic E-state index is 9.43. The Morgan fingerprint density at radius 2 is 1.56 bits per heavy atom. The topological polar surface area (TPSA) is 54.1 Å². The van der Waals surface area contributed by atoms with Gasteiger partial charge >= 0.3 is 0 Å². The van der Waals surface area contributed by atoms with E-state index in [0.717, 1.165) is 5.56 Å². The van der Waals surface area contributed by atoms with Gasteiger partial charge < -0.3 is 5.01 Å². The lowest BCUT2D eigenvalue weighted by Crippen LogP contribution is -2.34. The van der Waals surface area contributed by atoms with Crippen LogP contribution in [0.1, 0.15) is 5.56 Å². The number of benzene rings is 1. The average Bonchev–Trinajstić information content (AvgIpc) is 2.56. The van der Waals surface area contributed by atoms with E-state index in [1.54, 1.807) is 5.01 Å². The molecule has 0 saturated carbocycles. The van der Waals surface area contributed by atoms with Crippen LogP contribution in [-0.2, 0) is 0 Å². The minimum Gasteiger partial charge on any atom is -0.306 e. The highest BCUT2D eigenvalue weighted by molar-refractivity contribution is 6.83. The summed E-state index contributed by atoms with van der Waals surface area (Å²) in [6.45, 7) is 6.48. The van der Waals surface area contributed by atoms with Gasteiger partial charge in [-0.1, -0.05) is 55.9 Å². The molecule has 0 saturated heterocycles. The molecule has 0 spiro atoms. The number of hydrogen-bond acceptors (Lipinski definition) is 4. The van der Waals surface area contributed by atoms with Crippen molar-refractivity contribution < 1.29 is 0 Å². The Morgan fingerprint density at radius 1 is 1.00 bits per heavy atom. The number of hydrogen-bond donors (Lipinski definition) is 0. The van der Waals surface area contributed by atoms with Crippen LogP contribution in [0.3, 0.4) is 0 Å². The molecule has 0 aliphatic heterocycles. The van der Waals surface area contributed by atoms with Crippen LogP contribution in [-0.4, -0.2) is 39.2 Å². The van der Waals surface area contributed by atoms with E-state index in [1.165, 1.54) is 0 Å². The van der Waals surface area contributed by atoms with Crippen LogP contribution in [0.25, 0.3) is 6.08 Å². The fourth-order valence-corrected chi connectivity index (χ4v) is 2.45. The summed E-state index contributed by atoms with van der Waals surface area (Å²) in [5.41, 5.74) is 5.55. The third-order valence-corrected chi connectivity index (χ3v) is 4.20. The lowest BCUT2D eigenvalue weighted by atomic mass is 10.0. The molecular formula is C20H24N4Si. The van der Waals surface area contributed by atoms with Crippen molar-refractivity contribution >= 4 is 14.1 Å². The standard InChI is InChI=1S/C20H24N4Si/c1-23(2)24(3)20(19(15-21)16-22)18(12-13-25(4,5)6)14-17-10-8-7-9-11-17/h7-11,14H,1-6H3/b18-14+. The second kappa shape index (κ2) is 8.90. The van der Waals surface area contributed by atoms with Crippen LogP contribution < -0.4 is 0 Å². The molecule has 0 aliphatic rings. The SMILES string of the molecule is CN(C)N(C)C(=C(C#N)C#N)/C(C#C[Si](C)(C)C)=C/c1ccccc1. The predicted molar refractivity (Wildman–Crippen MR) is 105 cm³/mol. The Bertz CT molecular complexity index is 788. The molecule has 0 atom stereocenters. The lowest BCUT2D eigenvalue weighted by molar-refractivity contribution is 0.102. The molecule has 1 aromatic rings. The zero-order chi connectivity index (χ0) is 19.0. The first kappa shape index (κ1) is 20.3. The monoisotopic (exact) mass is 348 g/mol. The molecule has 4 nitrogen and oxygen atoms in total. The van der Waals surface area contributed by atoms with E-state index in [9.17, 15) is 10.5 Å². The largest absolute Gasteiger partial charge is 0.306 e. The van der Waals surface area contributed by atoms with Gasteiger partial charge in [-0.2, -0.15) is 10.5 Å². The minimum atomic E-state index is -1.62. The van der Waals surface area contributed by atoms with Crippen molar-refractivity contribution in [3.05, 3.63) is 52.7 Å². The second-order valence-electron chi connectivity index (χ2n) is 6.79. The van der Waals surface area contributed by atoms with Gasteiger partial charge in [0.25, 0.3) is 0 Å². The molecule has 0 fully saturated rings. The van der Waals surface area contributed by atoms with E-state index < -0.39 is 8.07 Å². The Kier molecular flexibility index (Phi) is 7.21. The molecule has 0 aromatic heterocycles. The van der Waals surface area contributed by atoms with E-state index in [0.29, 0.717) is 11.3 Å².